The van der Waals surface area contributed by atoms with E-state index in [9.17, 15) is 4.79 Å². The van der Waals surface area contributed by atoms with Crippen molar-refractivity contribution in [1.29, 1.82) is 0 Å². The predicted molar refractivity (Wildman–Crippen MR) is 69.6 cm³/mol. The molecule has 1 aliphatic rings. The molecule has 0 aliphatic carbocycles. The summed E-state index contributed by atoms with van der Waals surface area (Å²) in [6, 6.07) is 0.00681. The number of nitrogens with zero attached hydrogens (tertiary/aromatic N) is 1. The van der Waals surface area contributed by atoms with E-state index in [4.69, 9.17) is 4.74 Å². The minimum atomic E-state index is -0.475. The van der Waals surface area contributed by atoms with Gasteiger partial charge in [-0.3, -0.25) is 4.90 Å². The van der Waals surface area contributed by atoms with E-state index in [1.807, 2.05) is 52.0 Å². The van der Waals surface area contributed by atoms with Crippen LogP contribution in [0, 0.1) is 0 Å². The summed E-state index contributed by atoms with van der Waals surface area (Å²) in [6.07, 6.45) is 8.08. The molecule has 1 amide bonds. The van der Waals surface area contributed by atoms with Gasteiger partial charge in [0, 0.05) is 5.70 Å². The van der Waals surface area contributed by atoms with Crippen LogP contribution < -0.4 is 0 Å². The Labute approximate surface area is 103 Å². The van der Waals surface area contributed by atoms with E-state index in [0.717, 1.165) is 12.1 Å². The Hall–Kier alpha value is -1.51. The Morgan fingerprint density at radius 2 is 2.24 bits per heavy atom. The van der Waals surface area contributed by atoms with Crippen LogP contribution in [-0.4, -0.2) is 22.6 Å². The molecule has 1 atom stereocenters. The fourth-order valence-corrected chi connectivity index (χ4v) is 1.70. The van der Waals surface area contributed by atoms with E-state index in [1.165, 1.54) is 0 Å². The second-order valence-electron chi connectivity index (χ2n) is 5.14. The Morgan fingerprint density at radius 3 is 2.76 bits per heavy atom. The van der Waals surface area contributed by atoms with Crippen LogP contribution in [0.15, 0.2) is 36.6 Å². The van der Waals surface area contributed by atoms with Crippen molar-refractivity contribution in [2.45, 2.75) is 45.8 Å². The minimum absolute atomic E-state index is 0.00681. The van der Waals surface area contributed by atoms with E-state index in [0.29, 0.717) is 0 Å². The number of hydrogen-bond donors (Lipinski definition) is 0. The molecule has 17 heavy (non-hydrogen) atoms. The number of ether oxygens (including phenoxy) is 1. The summed E-state index contributed by atoms with van der Waals surface area (Å²) in [5.74, 6) is 0. The van der Waals surface area contributed by atoms with E-state index in [1.54, 1.807) is 4.90 Å². The topological polar surface area (TPSA) is 29.5 Å². The highest BCUT2D eigenvalue weighted by Gasteiger charge is 2.28. The Bertz CT molecular complexity index is 361. The summed E-state index contributed by atoms with van der Waals surface area (Å²) in [4.78, 5) is 13.8. The third kappa shape index (κ3) is 3.77. The summed E-state index contributed by atoms with van der Waals surface area (Å²) in [5.41, 5.74) is 0.422. The molecule has 0 fully saturated rings. The first-order valence-corrected chi connectivity index (χ1v) is 5.83. The van der Waals surface area contributed by atoms with Gasteiger partial charge in [0.15, 0.2) is 0 Å². The largest absolute Gasteiger partial charge is 0.443 e. The van der Waals surface area contributed by atoms with Gasteiger partial charge in [-0.2, -0.15) is 0 Å². The molecule has 0 aromatic heterocycles. The zero-order valence-electron chi connectivity index (χ0n) is 11.1. The number of hydrogen-bond acceptors (Lipinski definition) is 2. The van der Waals surface area contributed by atoms with Crippen LogP contribution in [0.1, 0.15) is 34.1 Å². The lowest BCUT2D eigenvalue weighted by molar-refractivity contribution is 0.0271. The van der Waals surface area contributed by atoms with Gasteiger partial charge in [-0.25, -0.2) is 4.79 Å². The summed E-state index contributed by atoms with van der Waals surface area (Å²) < 4.78 is 5.40. The monoisotopic (exact) mass is 235 g/mol. The van der Waals surface area contributed by atoms with Crippen molar-refractivity contribution in [3.8, 4) is 0 Å². The Morgan fingerprint density at radius 1 is 1.59 bits per heavy atom. The van der Waals surface area contributed by atoms with Crippen LogP contribution in [0.5, 0.6) is 0 Å². The highest BCUT2D eigenvalue weighted by molar-refractivity contribution is 5.71. The molecule has 0 saturated carbocycles. The fraction of sp³-hybridized carbons (Fsp3) is 0.500. The standard InChI is InChI=1S/C14H21NO2/c1-6-8-12-10-7-9-11(2)15(12)13(16)17-14(3,4)5/h6-7,9-10,12H,1,8H2,2-5H3. The molecule has 0 saturated heterocycles. The molecule has 0 radical (unpaired) electrons. The molecule has 3 heteroatoms. The highest BCUT2D eigenvalue weighted by atomic mass is 16.6. The molecule has 1 unspecified atom stereocenters. The summed E-state index contributed by atoms with van der Waals surface area (Å²) >= 11 is 0. The molecular weight excluding hydrogens is 214 g/mol. The van der Waals surface area contributed by atoms with E-state index >= 15 is 0 Å². The lowest BCUT2D eigenvalue weighted by atomic mass is 10.1. The fourth-order valence-electron chi connectivity index (χ4n) is 1.70. The van der Waals surface area contributed by atoms with Crippen molar-refractivity contribution >= 4 is 6.09 Å². The van der Waals surface area contributed by atoms with Gasteiger partial charge in [0.25, 0.3) is 0 Å². The van der Waals surface area contributed by atoms with Crippen LogP contribution in [0.25, 0.3) is 0 Å². The number of carbonyl (C=O) groups excluding carboxylic acids is 1. The Kier molecular flexibility index (Phi) is 4.16. The summed E-state index contributed by atoms with van der Waals surface area (Å²) in [6.45, 7) is 11.2. The number of carbonyl (C=O) groups is 1. The molecule has 0 N–H and O–H groups in total. The van der Waals surface area contributed by atoms with E-state index in [2.05, 4.69) is 6.58 Å². The number of rotatable bonds is 2. The zero-order chi connectivity index (χ0) is 13.1. The summed E-state index contributed by atoms with van der Waals surface area (Å²) in [5, 5.41) is 0. The quantitative estimate of drug-likeness (QED) is 0.684. The van der Waals surface area contributed by atoms with Crippen molar-refractivity contribution in [3.05, 3.63) is 36.6 Å². The molecule has 0 spiro atoms. The van der Waals surface area contributed by atoms with Crippen molar-refractivity contribution in [2.24, 2.45) is 0 Å². The van der Waals surface area contributed by atoms with Crippen molar-refractivity contribution in [1.82, 2.24) is 4.90 Å². The maximum Gasteiger partial charge on any atom is 0.415 e. The average Bonchev–Trinajstić information content (AvgIpc) is 2.15. The van der Waals surface area contributed by atoms with Gasteiger partial charge in [0.05, 0.1) is 6.04 Å². The first-order valence-electron chi connectivity index (χ1n) is 5.83. The lowest BCUT2D eigenvalue weighted by Crippen LogP contribution is -2.42. The van der Waals surface area contributed by atoms with Gasteiger partial charge in [0.2, 0.25) is 0 Å². The molecule has 1 rings (SSSR count). The predicted octanol–water partition coefficient (Wildman–Crippen LogP) is 3.64. The van der Waals surface area contributed by atoms with Gasteiger partial charge >= 0.3 is 6.09 Å². The molecule has 0 aromatic carbocycles. The average molecular weight is 235 g/mol. The molecular formula is C14H21NO2. The van der Waals surface area contributed by atoms with Gasteiger partial charge < -0.3 is 4.74 Å². The highest BCUT2D eigenvalue weighted by Crippen LogP contribution is 2.22. The van der Waals surface area contributed by atoms with Gasteiger partial charge in [-0.15, -0.1) is 6.58 Å². The Balaban J connectivity index is 2.84. The van der Waals surface area contributed by atoms with Crippen LogP contribution in [-0.2, 0) is 4.74 Å². The molecule has 94 valence electrons. The van der Waals surface area contributed by atoms with Gasteiger partial charge in [-0.1, -0.05) is 18.2 Å². The van der Waals surface area contributed by atoms with Crippen molar-refractivity contribution < 1.29 is 9.53 Å². The maximum atomic E-state index is 12.1. The number of allylic oxidation sites excluding steroid dienone is 3. The summed E-state index contributed by atoms with van der Waals surface area (Å²) in [7, 11) is 0. The second-order valence-corrected chi connectivity index (χ2v) is 5.14. The molecule has 0 bridgehead atoms. The third-order valence-electron chi connectivity index (χ3n) is 2.38. The molecule has 1 heterocycles. The van der Waals surface area contributed by atoms with E-state index < -0.39 is 5.60 Å². The minimum Gasteiger partial charge on any atom is -0.443 e. The molecule has 3 nitrogen and oxygen atoms in total. The van der Waals surface area contributed by atoms with Crippen LogP contribution in [0.2, 0.25) is 0 Å². The first-order chi connectivity index (χ1) is 7.85. The SMILES string of the molecule is C=CCC1C=CC=C(C)N1C(=O)OC(C)(C)C. The van der Waals surface area contributed by atoms with Gasteiger partial charge in [-0.05, 0) is 40.2 Å². The third-order valence-corrected chi connectivity index (χ3v) is 2.38. The zero-order valence-corrected chi connectivity index (χ0v) is 11.1. The number of amides is 1. The van der Waals surface area contributed by atoms with Gasteiger partial charge in [0.1, 0.15) is 5.60 Å². The smallest absolute Gasteiger partial charge is 0.415 e. The first kappa shape index (κ1) is 13.6. The van der Waals surface area contributed by atoms with Crippen molar-refractivity contribution in [3.63, 3.8) is 0 Å². The van der Waals surface area contributed by atoms with E-state index in [-0.39, 0.29) is 12.1 Å². The second kappa shape index (κ2) is 5.21. The molecule has 0 aromatic rings. The normalized spacial score (nSPS) is 19.9. The molecule has 1 aliphatic heterocycles. The van der Waals surface area contributed by atoms with Crippen molar-refractivity contribution in [2.75, 3.05) is 0 Å². The van der Waals surface area contributed by atoms with Crippen LogP contribution in [0.4, 0.5) is 4.79 Å². The maximum absolute atomic E-state index is 12.1. The lowest BCUT2D eigenvalue weighted by Gasteiger charge is -2.33. The van der Waals surface area contributed by atoms with Crippen LogP contribution >= 0.6 is 0 Å². The van der Waals surface area contributed by atoms with Crippen LogP contribution in [0.3, 0.4) is 0 Å².